The largest absolute Gasteiger partial charge is 0.480 e. The molecule has 0 amide bonds. The van der Waals surface area contributed by atoms with Gasteiger partial charge in [0.25, 0.3) is 0 Å². The Morgan fingerprint density at radius 1 is 1.69 bits per heavy atom. The molecule has 0 radical (unpaired) electrons. The summed E-state index contributed by atoms with van der Waals surface area (Å²) in [5.41, 5.74) is 0.903. The van der Waals surface area contributed by atoms with E-state index in [2.05, 4.69) is 26.0 Å². The predicted octanol–water partition coefficient (Wildman–Crippen LogP) is 1.76. The van der Waals surface area contributed by atoms with Gasteiger partial charge in [0.1, 0.15) is 4.62 Å². The highest BCUT2D eigenvalue weighted by atomic mass is 79.9. The van der Waals surface area contributed by atoms with Gasteiger partial charge in [0.2, 0.25) is 0 Å². The first-order valence-electron chi connectivity index (χ1n) is 4.76. The first-order chi connectivity index (χ1) is 7.59. The zero-order valence-electron chi connectivity index (χ0n) is 8.59. The van der Waals surface area contributed by atoms with E-state index < -0.39 is 12.0 Å². The SMILES string of the molecule is Cc1cccnc1N1N=C(Br)CC1C(=O)O. The molecule has 0 fully saturated rings. The summed E-state index contributed by atoms with van der Waals surface area (Å²) >= 11 is 3.23. The van der Waals surface area contributed by atoms with Crippen LogP contribution >= 0.6 is 15.9 Å². The summed E-state index contributed by atoms with van der Waals surface area (Å²) < 4.78 is 0.630. The standard InChI is InChI=1S/C10H10BrN3O2/c1-6-3-2-4-12-9(6)14-7(10(15)16)5-8(11)13-14/h2-4,7H,5H2,1H3,(H,15,16). The lowest BCUT2D eigenvalue weighted by Gasteiger charge is -2.20. The molecule has 16 heavy (non-hydrogen) atoms. The number of aryl methyl sites for hydroxylation is 1. The number of pyridine rings is 1. The second-order valence-corrected chi connectivity index (χ2v) is 4.44. The minimum atomic E-state index is -0.900. The third-order valence-corrected chi connectivity index (χ3v) is 2.84. The van der Waals surface area contributed by atoms with Gasteiger partial charge in [-0.15, -0.1) is 0 Å². The lowest BCUT2D eigenvalue weighted by molar-refractivity contribution is -0.138. The second-order valence-electron chi connectivity index (χ2n) is 3.52. The number of aromatic nitrogens is 1. The van der Waals surface area contributed by atoms with Crippen molar-refractivity contribution in [2.24, 2.45) is 5.10 Å². The Bertz CT molecular complexity index is 461. The first-order valence-corrected chi connectivity index (χ1v) is 5.55. The maximum Gasteiger partial charge on any atom is 0.329 e. The fraction of sp³-hybridized carbons (Fsp3) is 0.300. The number of rotatable bonds is 2. The van der Waals surface area contributed by atoms with Gasteiger partial charge in [-0.25, -0.2) is 14.8 Å². The molecule has 1 aliphatic rings. The lowest BCUT2D eigenvalue weighted by Crippen LogP contribution is -2.35. The van der Waals surface area contributed by atoms with Gasteiger partial charge in [-0.2, -0.15) is 5.10 Å². The molecule has 0 saturated carbocycles. The number of carbonyl (C=O) groups is 1. The molecule has 0 saturated heterocycles. The zero-order valence-corrected chi connectivity index (χ0v) is 10.2. The molecule has 0 bridgehead atoms. The summed E-state index contributed by atoms with van der Waals surface area (Å²) in [4.78, 5) is 15.2. The van der Waals surface area contributed by atoms with Crippen molar-refractivity contribution >= 4 is 32.3 Å². The molecule has 0 spiro atoms. The number of hydrogen-bond acceptors (Lipinski definition) is 4. The van der Waals surface area contributed by atoms with Gasteiger partial charge in [0.15, 0.2) is 11.9 Å². The van der Waals surface area contributed by atoms with E-state index in [1.54, 1.807) is 6.20 Å². The zero-order chi connectivity index (χ0) is 11.7. The molecule has 1 aromatic rings. The van der Waals surface area contributed by atoms with Crippen LogP contribution in [0.1, 0.15) is 12.0 Å². The number of carboxylic acid groups (broad SMARTS) is 1. The Morgan fingerprint density at radius 3 is 3.06 bits per heavy atom. The summed E-state index contributed by atoms with van der Waals surface area (Å²) in [6, 6.07) is 3.01. The van der Waals surface area contributed by atoms with Crippen LogP contribution in [-0.4, -0.2) is 26.7 Å². The molecule has 1 atom stereocenters. The van der Waals surface area contributed by atoms with Crippen molar-refractivity contribution in [1.82, 2.24) is 4.98 Å². The van der Waals surface area contributed by atoms with Crippen molar-refractivity contribution in [2.75, 3.05) is 5.01 Å². The topological polar surface area (TPSA) is 65.8 Å². The maximum absolute atomic E-state index is 11.1. The molecule has 84 valence electrons. The van der Waals surface area contributed by atoms with E-state index in [4.69, 9.17) is 5.11 Å². The van der Waals surface area contributed by atoms with Crippen LogP contribution in [0.3, 0.4) is 0 Å². The molecule has 1 unspecified atom stereocenters. The van der Waals surface area contributed by atoms with Crippen LogP contribution < -0.4 is 5.01 Å². The van der Waals surface area contributed by atoms with E-state index in [0.717, 1.165) is 5.56 Å². The quantitative estimate of drug-likeness (QED) is 0.898. The summed E-state index contributed by atoms with van der Waals surface area (Å²) in [7, 11) is 0. The van der Waals surface area contributed by atoms with E-state index >= 15 is 0 Å². The van der Waals surface area contributed by atoms with Gasteiger partial charge in [-0.1, -0.05) is 6.07 Å². The highest BCUT2D eigenvalue weighted by molar-refractivity contribution is 9.18. The Labute approximate surface area is 101 Å². The smallest absolute Gasteiger partial charge is 0.329 e. The second kappa shape index (κ2) is 4.21. The van der Waals surface area contributed by atoms with E-state index in [0.29, 0.717) is 16.9 Å². The molecule has 6 heteroatoms. The summed E-state index contributed by atoms with van der Waals surface area (Å²) in [5, 5.41) is 14.7. The summed E-state index contributed by atoms with van der Waals surface area (Å²) in [6.45, 7) is 1.88. The normalized spacial score (nSPS) is 19.8. The van der Waals surface area contributed by atoms with E-state index in [1.807, 2.05) is 19.1 Å². The fourth-order valence-electron chi connectivity index (χ4n) is 1.58. The van der Waals surface area contributed by atoms with Crippen LogP contribution in [0.5, 0.6) is 0 Å². The van der Waals surface area contributed by atoms with Gasteiger partial charge < -0.3 is 5.11 Å². The van der Waals surface area contributed by atoms with Gasteiger partial charge in [-0.05, 0) is 34.5 Å². The van der Waals surface area contributed by atoms with Crippen molar-refractivity contribution < 1.29 is 9.90 Å². The number of aliphatic carboxylic acids is 1. The van der Waals surface area contributed by atoms with E-state index in [-0.39, 0.29) is 0 Å². The first kappa shape index (κ1) is 11.1. The molecular formula is C10H10BrN3O2. The molecule has 1 aromatic heterocycles. The average Bonchev–Trinajstić information content (AvgIpc) is 2.61. The minimum absolute atomic E-state index is 0.366. The number of anilines is 1. The third-order valence-electron chi connectivity index (χ3n) is 2.36. The Balaban J connectivity index is 2.39. The van der Waals surface area contributed by atoms with Crippen LogP contribution in [0.4, 0.5) is 5.82 Å². The van der Waals surface area contributed by atoms with Crippen LogP contribution in [0, 0.1) is 6.92 Å². The van der Waals surface area contributed by atoms with Gasteiger partial charge in [-0.3, -0.25) is 0 Å². The highest BCUT2D eigenvalue weighted by Gasteiger charge is 2.33. The average molecular weight is 284 g/mol. The predicted molar refractivity (Wildman–Crippen MR) is 63.9 cm³/mol. The van der Waals surface area contributed by atoms with Gasteiger partial charge in [0.05, 0.1) is 0 Å². The molecule has 2 heterocycles. The number of nitrogens with zero attached hydrogens (tertiary/aromatic N) is 3. The van der Waals surface area contributed by atoms with E-state index in [9.17, 15) is 4.79 Å². The fourth-order valence-corrected chi connectivity index (χ4v) is 2.06. The molecular weight excluding hydrogens is 274 g/mol. The van der Waals surface area contributed by atoms with Gasteiger partial charge in [0, 0.05) is 12.6 Å². The van der Waals surface area contributed by atoms with Crippen molar-refractivity contribution in [3.63, 3.8) is 0 Å². The number of hydrazone groups is 1. The Morgan fingerprint density at radius 2 is 2.44 bits per heavy atom. The van der Waals surface area contributed by atoms with Crippen molar-refractivity contribution in [3.8, 4) is 0 Å². The Hall–Kier alpha value is -1.43. The number of carboxylic acids is 1. The molecule has 0 aliphatic carbocycles. The van der Waals surface area contributed by atoms with Crippen LogP contribution in [0.25, 0.3) is 0 Å². The summed E-state index contributed by atoms with van der Waals surface area (Å²) in [5.74, 6) is -0.312. The third kappa shape index (κ3) is 1.92. The van der Waals surface area contributed by atoms with Gasteiger partial charge >= 0.3 is 5.97 Å². The molecule has 1 aliphatic heterocycles. The molecule has 0 aromatic carbocycles. The van der Waals surface area contributed by atoms with Crippen LogP contribution in [0.15, 0.2) is 23.4 Å². The molecule has 1 N–H and O–H groups in total. The van der Waals surface area contributed by atoms with Crippen molar-refractivity contribution in [3.05, 3.63) is 23.9 Å². The number of halogens is 1. The minimum Gasteiger partial charge on any atom is -0.480 e. The van der Waals surface area contributed by atoms with E-state index in [1.165, 1.54) is 5.01 Å². The van der Waals surface area contributed by atoms with Crippen molar-refractivity contribution in [2.45, 2.75) is 19.4 Å². The highest BCUT2D eigenvalue weighted by Crippen LogP contribution is 2.26. The Kier molecular flexibility index (Phi) is 2.91. The monoisotopic (exact) mass is 283 g/mol. The summed E-state index contributed by atoms with van der Waals surface area (Å²) in [6.07, 6.45) is 1.99. The number of hydrogen-bond donors (Lipinski definition) is 1. The molecule has 2 rings (SSSR count). The molecule has 5 nitrogen and oxygen atoms in total. The van der Waals surface area contributed by atoms with Crippen LogP contribution in [0.2, 0.25) is 0 Å². The maximum atomic E-state index is 11.1. The van der Waals surface area contributed by atoms with Crippen molar-refractivity contribution in [1.29, 1.82) is 0 Å². The lowest BCUT2D eigenvalue weighted by atomic mass is 10.2. The van der Waals surface area contributed by atoms with Crippen LogP contribution in [-0.2, 0) is 4.79 Å².